The quantitative estimate of drug-likeness (QED) is 0.663. The maximum Gasteiger partial charge on any atom is 0.279 e. The number of anilines is 1. The number of carbonyl (C=O) groups excluding carboxylic acids is 1. The summed E-state index contributed by atoms with van der Waals surface area (Å²) in [7, 11) is 0. The van der Waals surface area contributed by atoms with Crippen LogP contribution in [0.4, 0.5) is 5.69 Å². The number of rotatable bonds is 7. The van der Waals surface area contributed by atoms with Crippen LogP contribution in [0.15, 0.2) is 58.5 Å². The normalized spacial score (nSPS) is 12.1. The molecule has 2 aromatic heterocycles. The number of hydrogen-bond donors (Lipinski definition) is 2. The molecule has 6 heteroatoms. The van der Waals surface area contributed by atoms with E-state index in [0.717, 1.165) is 22.8 Å². The summed E-state index contributed by atoms with van der Waals surface area (Å²) in [6.07, 6.45) is 1.66. The van der Waals surface area contributed by atoms with Crippen molar-refractivity contribution in [1.29, 1.82) is 0 Å². The summed E-state index contributed by atoms with van der Waals surface area (Å²) in [6.45, 7) is 3.73. The van der Waals surface area contributed by atoms with E-state index in [1.165, 1.54) is 4.88 Å². The smallest absolute Gasteiger partial charge is 0.279 e. The molecule has 0 saturated heterocycles. The average molecular weight is 376 g/mol. The van der Waals surface area contributed by atoms with E-state index in [1.54, 1.807) is 17.6 Å². The van der Waals surface area contributed by atoms with Gasteiger partial charge in [0.1, 0.15) is 13.1 Å². The third kappa shape index (κ3) is 5.19. The van der Waals surface area contributed by atoms with Gasteiger partial charge in [-0.2, -0.15) is 0 Å². The van der Waals surface area contributed by atoms with Crippen LogP contribution in [0.25, 0.3) is 0 Å². The lowest BCUT2D eigenvalue weighted by atomic mass is 10.2. The zero-order valence-electron chi connectivity index (χ0n) is 13.9. The van der Waals surface area contributed by atoms with Gasteiger partial charge in [-0.05, 0) is 48.2 Å². The number of halogens is 1. The molecule has 4 nitrogen and oxygen atoms in total. The van der Waals surface area contributed by atoms with E-state index in [2.05, 4.69) is 11.4 Å². The van der Waals surface area contributed by atoms with Crippen LogP contribution in [0.1, 0.15) is 16.2 Å². The van der Waals surface area contributed by atoms with Crippen molar-refractivity contribution < 1.29 is 14.1 Å². The summed E-state index contributed by atoms with van der Waals surface area (Å²) in [4.78, 5) is 14.8. The Morgan fingerprint density at radius 2 is 2.12 bits per heavy atom. The second kappa shape index (κ2) is 8.34. The number of amides is 1. The van der Waals surface area contributed by atoms with Crippen LogP contribution in [-0.2, 0) is 17.9 Å². The predicted octanol–water partition coefficient (Wildman–Crippen LogP) is 3.53. The van der Waals surface area contributed by atoms with E-state index in [4.69, 9.17) is 16.0 Å². The van der Waals surface area contributed by atoms with E-state index >= 15 is 0 Å². The highest BCUT2D eigenvalue weighted by molar-refractivity contribution is 7.09. The summed E-state index contributed by atoms with van der Waals surface area (Å²) in [5, 5.41) is 5.51. The van der Waals surface area contributed by atoms with Crippen molar-refractivity contribution in [3.8, 4) is 0 Å². The lowest BCUT2D eigenvalue weighted by Crippen LogP contribution is -3.10. The van der Waals surface area contributed by atoms with Gasteiger partial charge < -0.3 is 14.6 Å². The largest absolute Gasteiger partial charge is 0.463 e. The zero-order chi connectivity index (χ0) is 17.6. The van der Waals surface area contributed by atoms with Crippen molar-refractivity contribution in [2.75, 3.05) is 11.9 Å². The number of aryl methyl sites for hydroxylation is 1. The average Bonchev–Trinajstić information content (AvgIpc) is 3.24. The minimum absolute atomic E-state index is 0.0659. The van der Waals surface area contributed by atoms with Crippen molar-refractivity contribution in [3.05, 3.63) is 75.3 Å². The lowest BCUT2D eigenvalue weighted by Gasteiger charge is -2.17. The number of furan rings is 1. The summed E-state index contributed by atoms with van der Waals surface area (Å²) in [6, 6.07) is 13.5. The van der Waals surface area contributed by atoms with E-state index in [1.807, 2.05) is 48.7 Å². The zero-order valence-corrected chi connectivity index (χ0v) is 15.5. The molecule has 0 radical (unpaired) electrons. The molecule has 1 amide bonds. The molecular formula is C19H20ClN2O2S+. The summed E-state index contributed by atoms with van der Waals surface area (Å²) < 4.78 is 5.45. The summed E-state index contributed by atoms with van der Waals surface area (Å²) >= 11 is 7.90. The van der Waals surface area contributed by atoms with Crippen molar-refractivity contribution >= 4 is 34.5 Å². The Bertz CT molecular complexity index is 780. The van der Waals surface area contributed by atoms with Gasteiger partial charge in [-0.15, -0.1) is 11.3 Å². The fraction of sp³-hybridized carbons (Fsp3) is 0.211. The highest BCUT2D eigenvalue weighted by Gasteiger charge is 2.18. The third-order valence-electron chi connectivity index (χ3n) is 3.82. The van der Waals surface area contributed by atoms with Crippen LogP contribution in [0, 0.1) is 6.92 Å². The predicted molar refractivity (Wildman–Crippen MR) is 101 cm³/mol. The molecule has 2 N–H and O–H groups in total. The number of quaternary nitrogens is 1. The Balaban J connectivity index is 1.66. The molecule has 0 aliphatic heterocycles. The van der Waals surface area contributed by atoms with E-state index < -0.39 is 0 Å². The Morgan fingerprint density at radius 3 is 2.80 bits per heavy atom. The molecule has 1 atom stereocenters. The molecular weight excluding hydrogens is 356 g/mol. The number of nitrogens with one attached hydrogen (secondary N) is 2. The topological polar surface area (TPSA) is 46.7 Å². The molecule has 0 spiro atoms. The summed E-state index contributed by atoms with van der Waals surface area (Å²) in [5.74, 6) is 0.802. The fourth-order valence-corrected chi connectivity index (χ4v) is 3.71. The van der Waals surface area contributed by atoms with Gasteiger partial charge in [0.25, 0.3) is 5.91 Å². The number of hydrogen-bond acceptors (Lipinski definition) is 3. The SMILES string of the molecule is Cc1ccc(NC(=O)C[NH+](Cc2ccco2)Cc2cccs2)c(Cl)c1. The molecule has 2 heterocycles. The van der Waals surface area contributed by atoms with Gasteiger partial charge in [0.2, 0.25) is 0 Å². The Hall–Kier alpha value is -2.08. The van der Waals surface area contributed by atoms with Crippen molar-refractivity contribution in [3.63, 3.8) is 0 Å². The molecule has 25 heavy (non-hydrogen) atoms. The van der Waals surface area contributed by atoms with Crippen molar-refractivity contribution in [2.45, 2.75) is 20.0 Å². The van der Waals surface area contributed by atoms with Crippen LogP contribution in [-0.4, -0.2) is 12.5 Å². The van der Waals surface area contributed by atoms with Crippen LogP contribution < -0.4 is 10.2 Å². The first-order valence-electron chi connectivity index (χ1n) is 8.04. The number of benzene rings is 1. The maximum atomic E-state index is 12.5. The highest BCUT2D eigenvalue weighted by Crippen LogP contribution is 2.22. The van der Waals surface area contributed by atoms with Crippen LogP contribution in [0.2, 0.25) is 5.02 Å². The fourth-order valence-electron chi connectivity index (χ4n) is 2.65. The molecule has 3 rings (SSSR count). The van der Waals surface area contributed by atoms with Gasteiger partial charge in [-0.1, -0.05) is 23.7 Å². The van der Waals surface area contributed by atoms with Gasteiger partial charge in [0, 0.05) is 0 Å². The Kier molecular flexibility index (Phi) is 5.91. The van der Waals surface area contributed by atoms with Crippen LogP contribution >= 0.6 is 22.9 Å². The van der Waals surface area contributed by atoms with E-state index in [-0.39, 0.29) is 5.91 Å². The van der Waals surface area contributed by atoms with Gasteiger partial charge in [0.15, 0.2) is 12.3 Å². The second-order valence-corrected chi connectivity index (χ2v) is 7.41. The lowest BCUT2D eigenvalue weighted by molar-refractivity contribution is -0.920. The monoisotopic (exact) mass is 375 g/mol. The minimum atomic E-state index is -0.0659. The van der Waals surface area contributed by atoms with Gasteiger partial charge >= 0.3 is 0 Å². The number of thiophene rings is 1. The third-order valence-corrected chi connectivity index (χ3v) is 5.01. The van der Waals surface area contributed by atoms with Crippen LogP contribution in [0.3, 0.4) is 0 Å². The second-order valence-electron chi connectivity index (χ2n) is 5.97. The van der Waals surface area contributed by atoms with Gasteiger partial charge in [0.05, 0.1) is 21.9 Å². The number of carbonyl (C=O) groups is 1. The van der Waals surface area contributed by atoms with E-state index in [0.29, 0.717) is 23.8 Å². The Morgan fingerprint density at radius 1 is 1.24 bits per heavy atom. The maximum absolute atomic E-state index is 12.5. The molecule has 130 valence electrons. The van der Waals surface area contributed by atoms with Gasteiger partial charge in [-0.25, -0.2) is 0 Å². The Labute approximate surface area is 156 Å². The first kappa shape index (κ1) is 17.7. The van der Waals surface area contributed by atoms with Crippen LogP contribution in [0.5, 0.6) is 0 Å². The molecule has 3 aromatic rings. The first-order valence-corrected chi connectivity index (χ1v) is 9.30. The minimum Gasteiger partial charge on any atom is -0.463 e. The van der Waals surface area contributed by atoms with E-state index in [9.17, 15) is 4.79 Å². The molecule has 0 fully saturated rings. The molecule has 1 unspecified atom stereocenters. The molecule has 0 bridgehead atoms. The molecule has 0 saturated carbocycles. The molecule has 0 aliphatic carbocycles. The summed E-state index contributed by atoms with van der Waals surface area (Å²) in [5.41, 5.74) is 1.71. The standard InChI is InChI=1S/C19H19ClN2O2S/c1-14-6-7-18(17(20)10-14)21-19(23)13-22(11-15-4-2-8-24-15)12-16-5-3-9-25-16/h2-10H,11-13H2,1H3,(H,21,23)/p+1. The molecule has 1 aromatic carbocycles. The van der Waals surface area contributed by atoms with Gasteiger partial charge in [-0.3, -0.25) is 4.79 Å². The van der Waals surface area contributed by atoms with Crippen molar-refractivity contribution in [2.24, 2.45) is 0 Å². The van der Waals surface area contributed by atoms with Crippen molar-refractivity contribution in [1.82, 2.24) is 0 Å². The highest BCUT2D eigenvalue weighted by atomic mass is 35.5. The first-order chi connectivity index (χ1) is 12.1. The molecule has 0 aliphatic rings.